The Labute approximate surface area is 226 Å². The average Bonchev–Trinajstić information content (AvgIpc) is 3.54. The molecule has 0 spiro atoms. The molecule has 0 aliphatic rings. The van der Waals surface area contributed by atoms with Crippen molar-refractivity contribution < 1.29 is 26.7 Å². The number of aromatic nitrogens is 2. The molecular weight excluding hydrogens is 521 g/mol. The molecule has 2 aromatic heterocycles. The number of nitrogens with zero attached hydrogens (tertiary/aromatic N) is 2. The van der Waals surface area contributed by atoms with Gasteiger partial charge in [-0.25, -0.2) is 17.8 Å². The largest absolute Gasteiger partial charge is 0.497 e. The van der Waals surface area contributed by atoms with Crippen LogP contribution in [0.5, 0.6) is 11.5 Å². The van der Waals surface area contributed by atoms with Gasteiger partial charge in [-0.3, -0.25) is 4.31 Å². The molecule has 0 atom stereocenters. The summed E-state index contributed by atoms with van der Waals surface area (Å²) in [5.41, 5.74) is 2.82. The standard InChI is InChI=1S/C29H28FN3O5S/c1-18(2)37-26-15-23-25(16-24(26)33(39(4,34)35)17-19-5-11-22(36-3)12-6-19)38-28(20-7-9-21(30)10-8-20)27(23)29-31-13-14-32-29/h5-16,18H,17H2,1-4H3,(H,31,32). The van der Waals surface area contributed by atoms with E-state index >= 15 is 0 Å². The molecule has 3 aromatic carbocycles. The highest BCUT2D eigenvalue weighted by molar-refractivity contribution is 7.92. The number of hydrogen-bond acceptors (Lipinski definition) is 6. The van der Waals surface area contributed by atoms with Gasteiger partial charge >= 0.3 is 0 Å². The number of anilines is 1. The van der Waals surface area contributed by atoms with E-state index in [1.807, 2.05) is 26.0 Å². The molecule has 202 valence electrons. The minimum Gasteiger partial charge on any atom is -0.497 e. The van der Waals surface area contributed by atoms with Crippen molar-refractivity contribution in [3.63, 3.8) is 0 Å². The second-order valence-electron chi connectivity index (χ2n) is 9.35. The van der Waals surface area contributed by atoms with Crippen LogP contribution in [0.15, 0.2) is 77.5 Å². The van der Waals surface area contributed by atoms with Gasteiger partial charge in [0.2, 0.25) is 10.0 Å². The number of furan rings is 1. The highest BCUT2D eigenvalue weighted by atomic mass is 32.2. The van der Waals surface area contributed by atoms with Crippen molar-refractivity contribution in [2.24, 2.45) is 0 Å². The summed E-state index contributed by atoms with van der Waals surface area (Å²) in [5.74, 6) is 1.69. The lowest BCUT2D eigenvalue weighted by atomic mass is 10.0. The van der Waals surface area contributed by atoms with Gasteiger partial charge in [0.05, 0.1) is 37.3 Å². The minimum atomic E-state index is -3.74. The van der Waals surface area contributed by atoms with Gasteiger partial charge in [0.1, 0.15) is 34.5 Å². The van der Waals surface area contributed by atoms with E-state index in [-0.39, 0.29) is 18.5 Å². The molecule has 2 heterocycles. The Morgan fingerprint density at radius 3 is 2.38 bits per heavy atom. The van der Waals surface area contributed by atoms with Crippen LogP contribution in [0.3, 0.4) is 0 Å². The highest BCUT2D eigenvalue weighted by Gasteiger charge is 2.27. The van der Waals surface area contributed by atoms with E-state index in [1.165, 1.54) is 16.4 Å². The van der Waals surface area contributed by atoms with E-state index in [4.69, 9.17) is 13.9 Å². The van der Waals surface area contributed by atoms with Gasteiger partial charge in [-0.2, -0.15) is 0 Å². The number of hydrogen-bond donors (Lipinski definition) is 1. The highest BCUT2D eigenvalue weighted by Crippen LogP contribution is 2.45. The molecule has 5 rings (SSSR count). The van der Waals surface area contributed by atoms with E-state index in [1.54, 1.807) is 55.9 Å². The third kappa shape index (κ3) is 5.46. The fourth-order valence-corrected chi connectivity index (χ4v) is 5.26. The number of rotatable bonds is 9. The van der Waals surface area contributed by atoms with Crippen LogP contribution in [0.1, 0.15) is 19.4 Å². The van der Waals surface area contributed by atoms with Gasteiger partial charge in [-0.1, -0.05) is 12.1 Å². The molecule has 0 unspecified atom stereocenters. The van der Waals surface area contributed by atoms with Crippen LogP contribution in [0.2, 0.25) is 0 Å². The normalized spacial score (nSPS) is 11.7. The van der Waals surface area contributed by atoms with Gasteiger partial charge in [-0.15, -0.1) is 0 Å². The summed E-state index contributed by atoms with van der Waals surface area (Å²) in [5, 5.41) is 0.668. The maximum atomic E-state index is 13.7. The quantitative estimate of drug-likeness (QED) is 0.229. The third-order valence-corrected chi connectivity index (χ3v) is 7.25. The number of imidazole rings is 1. The lowest BCUT2D eigenvalue weighted by Crippen LogP contribution is -2.30. The summed E-state index contributed by atoms with van der Waals surface area (Å²) < 4.78 is 58.9. The summed E-state index contributed by atoms with van der Waals surface area (Å²) >= 11 is 0. The number of ether oxygens (including phenoxy) is 2. The lowest BCUT2D eigenvalue weighted by Gasteiger charge is -2.26. The molecule has 0 saturated heterocycles. The Balaban J connectivity index is 1.73. The molecule has 1 N–H and O–H groups in total. The van der Waals surface area contributed by atoms with Crippen molar-refractivity contribution in [1.29, 1.82) is 0 Å². The second kappa shape index (κ2) is 10.5. The zero-order valence-corrected chi connectivity index (χ0v) is 22.8. The van der Waals surface area contributed by atoms with Gasteiger partial charge in [-0.05, 0) is 61.9 Å². The number of fused-ring (bicyclic) bond motifs is 1. The Kier molecular flexibility index (Phi) is 7.05. The summed E-state index contributed by atoms with van der Waals surface area (Å²) in [7, 11) is -2.17. The second-order valence-corrected chi connectivity index (χ2v) is 11.3. The van der Waals surface area contributed by atoms with Crippen molar-refractivity contribution in [2.75, 3.05) is 17.7 Å². The predicted octanol–water partition coefficient (Wildman–Crippen LogP) is 6.39. The van der Waals surface area contributed by atoms with Gasteiger partial charge < -0.3 is 18.9 Å². The van der Waals surface area contributed by atoms with Crippen LogP contribution >= 0.6 is 0 Å². The number of methoxy groups -OCH3 is 1. The summed E-state index contributed by atoms with van der Waals surface area (Å²) in [6, 6.07) is 16.6. The molecule has 10 heteroatoms. The monoisotopic (exact) mass is 549 g/mol. The first-order chi connectivity index (χ1) is 18.6. The fraction of sp³-hybridized carbons (Fsp3) is 0.207. The van der Waals surface area contributed by atoms with E-state index in [0.29, 0.717) is 50.9 Å². The zero-order valence-electron chi connectivity index (χ0n) is 21.9. The number of halogens is 1. The molecule has 39 heavy (non-hydrogen) atoms. The van der Waals surface area contributed by atoms with Crippen molar-refractivity contribution >= 4 is 26.7 Å². The molecule has 0 fully saturated rings. The Hall–Kier alpha value is -4.31. The Bertz CT molecular complexity index is 1700. The van der Waals surface area contributed by atoms with Gasteiger partial charge in [0.15, 0.2) is 0 Å². The Morgan fingerprint density at radius 1 is 1.08 bits per heavy atom. The topological polar surface area (TPSA) is 97.7 Å². The van der Waals surface area contributed by atoms with Crippen molar-refractivity contribution in [2.45, 2.75) is 26.5 Å². The first-order valence-corrected chi connectivity index (χ1v) is 14.1. The first-order valence-electron chi connectivity index (χ1n) is 12.3. The van der Waals surface area contributed by atoms with Crippen LogP contribution in [-0.4, -0.2) is 37.9 Å². The fourth-order valence-electron chi connectivity index (χ4n) is 4.38. The molecule has 0 aliphatic heterocycles. The molecule has 0 saturated carbocycles. The predicted molar refractivity (Wildman–Crippen MR) is 149 cm³/mol. The third-order valence-electron chi connectivity index (χ3n) is 6.13. The van der Waals surface area contributed by atoms with E-state index in [0.717, 1.165) is 11.8 Å². The number of aromatic amines is 1. The van der Waals surface area contributed by atoms with E-state index in [2.05, 4.69) is 9.97 Å². The van der Waals surface area contributed by atoms with E-state index in [9.17, 15) is 12.8 Å². The number of H-pyrrole nitrogens is 1. The summed E-state index contributed by atoms with van der Waals surface area (Å²) in [6.45, 7) is 3.81. The lowest BCUT2D eigenvalue weighted by molar-refractivity contribution is 0.243. The molecule has 0 aliphatic carbocycles. The van der Waals surface area contributed by atoms with Gasteiger partial charge in [0, 0.05) is 29.4 Å². The van der Waals surface area contributed by atoms with Crippen LogP contribution in [-0.2, 0) is 16.6 Å². The van der Waals surface area contributed by atoms with Gasteiger partial charge in [0.25, 0.3) is 0 Å². The number of nitrogens with one attached hydrogen (secondary N) is 1. The summed E-state index contributed by atoms with van der Waals surface area (Å²) in [4.78, 5) is 7.54. The average molecular weight is 550 g/mol. The van der Waals surface area contributed by atoms with Crippen LogP contribution in [0.25, 0.3) is 33.7 Å². The molecule has 0 bridgehead atoms. The van der Waals surface area contributed by atoms with E-state index < -0.39 is 10.0 Å². The molecule has 8 nitrogen and oxygen atoms in total. The molecule has 5 aromatic rings. The SMILES string of the molecule is COc1ccc(CN(c2cc3oc(-c4ccc(F)cc4)c(-c4ncc[nH]4)c3cc2OC(C)C)S(C)(=O)=O)cc1. The van der Waals surface area contributed by atoms with Crippen LogP contribution < -0.4 is 13.8 Å². The maximum Gasteiger partial charge on any atom is 0.232 e. The van der Waals surface area contributed by atoms with Crippen molar-refractivity contribution in [3.05, 3.63) is 84.4 Å². The summed E-state index contributed by atoms with van der Waals surface area (Å²) in [6.07, 6.45) is 4.24. The number of benzene rings is 3. The minimum absolute atomic E-state index is 0.0688. The molecule has 0 amide bonds. The van der Waals surface area contributed by atoms with Crippen LogP contribution in [0.4, 0.5) is 10.1 Å². The molecule has 0 radical (unpaired) electrons. The Morgan fingerprint density at radius 2 is 1.79 bits per heavy atom. The van der Waals surface area contributed by atoms with Crippen LogP contribution in [0, 0.1) is 5.82 Å². The number of sulfonamides is 1. The zero-order chi connectivity index (χ0) is 27.7. The first kappa shape index (κ1) is 26.3. The maximum absolute atomic E-state index is 13.7. The smallest absolute Gasteiger partial charge is 0.232 e. The molecular formula is C29H28FN3O5S. The van der Waals surface area contributed by atoms with Crippen molar-refractivity contribution in [3.8, 4) is 34.2 Å². The van der Waals surface area contributed by atoms with Crippen molar-refractivity contribution in [1.82, 2.24) is 9.97 Å².